The van der Waals surface area contributed by atoms with E-state index in [2.05, 4.69) is 28.9 Å². The Hall–Kier alpha value is -3.01. The first-order chi connectivity index (χ1) is 16.6. The summed E-state index contributed by atoms with van der Waals surface area (Å²) in [5, 5.41) is 0. The third kappa shape index (κ3) is 4.15. The highest BCUT2D eigenvalue weighted by Crippen LogP contribution is 2.37. The van der Waals surface area contributed by atoms with E-state index in [0.717, 1.165) is 64.1 Å². The van der Waals surface area contributed by atoms with Gasteiger partial charge in [0.05, 0.1) is 14.2 Å². The molecule has 2 aromatic heterocycles. The molecule has 0 N–H and O–H groups in total. The maximum absolute atomic E-state index is 5.82. The predicted octanol–water partition coefficient (Wildman–Crippen LogP) is 5.04. The topological polar surface area (TPSA) is 55.6 Å². The molecule has 0 amide bonds. The molecule has 0 bridgehead atoms. The Morgan fingerprint density at radius 2 is 1.68 bits per heavy atom. The molecule has 0 aliphatic carbocycles. The van der Waals surface area contributed by atoms with Crippen LogP contribution in [0.4, 0.5) is 5.82 Å². The van der Waals surface area contributed by atoms with Crippen LogP contribution in [0, 0.1) is 3.95 Å². The van der Waals surface area contributed by atoms with Gasteiger partial charge in [0, 0.05) is 37.4 Å². The van der Waals surface area contributed by atoms with Crippen LogP contribution >= 0.6 is 23.6 Å². The van der Waals surface area contributed by atoms with Crippen molar-refractivity contribution < 1.29 is 9.47 Å². The van der Waals surface area contributed by atoms with Crippen LogP contribution in [0.25, 0.3) is 27.4 Å². The second-order valence-electron chi connectivity index (χ2n) is 8.05. The van der Waals surface area contributed by atoms with Gasteiger partial charge in [-0.3, -0.25) is 4.57 Å². The molecule has 2 aromatic carbocycles. The Balaban J connectivity index is 1.71. The van der Waals surface area contributed by atoms with Gasteiger partial charge >= 0.3 is 0 Å². The van der Waals surface area contributed by atoms with Crippen LogP contribution in [-0.2, 0) is 0 Å². The van der Waals surface area contributed by atoms with E-state index in [0.29, 0.717) is 17.3 Å². The first kappa shape index (κ1) is 22.8. The molecule has 7 nitrogen and oxygen atoms in total. The fourth-order valence-corrected chi connectivity index (χ4v) is 5.68. The predicted molar refractivity (Wildman–Crippen MR) is 140 cm³/mol. The molecule has 1 aliphatic heterocycles. The lowest BCUT2D eigenvalue weighted by molar-refractivity contribution is 0.271. The zero-order valence-corrected chi connectivity index (χ0v) is 21.2. The third-order valence-electron chi connectivity index (χ3n) is 6.19. The van der Waals surface area contributed by atoms with Gasteiger partial charge in [-0.05, 0) is 49.1 Å². The summed E-state index contributed by atoms with van der Waals surface area (Å²) in [5.74, 6) is 2.90. The number of benzene rings is 2. The highest BCUT2D eigenvalue weighted by atomic mass is 32.1. The molecule has 0 unspecified atom stereocenters. The van der Waals surface area contributed by atoms with E-state index in [4.69, 9.17) is 31.7 Å². The van der Waals surface area contributed by atoms with Gasteiger partial charge in [0.15, 0.2) is 32.7 Å². The van der Waals surface area contributed by atoms with Crippen LogP contribution in [-0.4, -0.2) is 66.4 Å². The summed E-state index contributed by atoms with van der Waals surface area (Å²) in [7, 11) is 3.27. The summed E-state index contributed by atoms with van der Waals surface area (Å²) >= 11 is 7.39. The number of thiazole rings is 1. The lowest BCUT2D eigenvalue weighted by Gasteiger charge is -2.35. The summed E-state index contributed by atoms with van der Waals surface area (Å²) in [6, 6.07) is 15.9. The molecule has 176 valence electrons. The molecule has 4 aromatic rings. The van der Waals surface area contributed by atoms with E-state index in [1.165, 1.54) is 0 Å². The minimum Gasteiger partial charge on any atom is -0.493 e. The van der Waals surface area contributed by atoms with Gasteiger partial charge in [-0.25, -0.2) is 9.97 Å². The van der Waals surface area contributed by atoms with E-state index in [-0.39, 0.29) is 0 Å². The Morgan fingerprint density at radius 1 is 0.941 bits per heavy atom. The molecule has 0 spiro atoms. The number of likely N-dealkylation sites (N-methyl/N-ethyl adjacent to an activating group) is 1. The smallest absolute Gasteiger partial charge is 0.168 e. The number of fused-ring (bicyclic) bond motifs is 1. The highest BCUT2D eigenvalue weighted by Gasteiger charge is 2.24. The normalized spacial score (nSPS) is 14.5. The summed E-state index contributed by atoms with van der Waals surface area (Å²) < 4.78 is 14.8. The van der Waals surface area contributed by atoms with Gasteiger partial charge in [-0.2, -0.15) is 0 Å². The lowest BCUT2D eigenvalue weighted by atomic mass is 10.2. The van der Waals surface area contributed by atoms with Crippen molar-refractivity contribution in [1.82, 2.24) is 19.4 Å². The zero-order chi connectivity index (χ0) is 23.7. The van der Waals surface area contributed by atoms with Crippen LogP contribution in [0.15, 0.2) is 48.5 Å². The number of para-hydroxylation sites is 1. The van der Waals surface area contributed by atoms with E-state index in [1.54, 1.807) is 25.6 Å². The quantitative estimate of drug-likeness (QED) is 0.349. The van der Waals surface area contributed by atoms with Gasteiger partial charge in [-0.1, -0.05) is 36.5 Å². The van der Waals surface area contributed by atoms with Crippen LogP contribution in [0.3, 0.4) is 0 Å². The zero-order valence-electron chi connectivity index (χ0n) is 19.5. The van der Waals surface area contributed by atoms with Crippen molar-refractivity contribution in [3.05, 3.63) is 52.5 Å². The molecule has 1 saturated heterocycles. The monoisotopic (exact) mass is 493 g/mol. The minimum atomic E-state index is 0.638. The van der Waals surface area contributed by atoms with Crippen molar-refractivity contribution in [3.8, 4) is 28.6 Å². The molecule has 0 saturated carbocycles. The molecule has 5 rings (SSSR count). The molecule has 9 heteroatoms. The molecular formula is C25H27N5O2S2. The van der Waals surface area contributed by atoms with Gasteiger partial charge in [0.1, 0.15) is 4.70 Å². The largest absolute Gasteiger partial charge is 0.493 e. The van der Waals surface area contributed by atoms with Crippen molar-refractivity contribution in [1.29, 1.82) is 0 Å². The fraction of sp³-hybridized carbons (Fsp3) is 0.320. The number of nitrogens with zero attached hydrogens (tertiary/aromatic N) is 5. The Labute approximate surface area is 208 Å². The van der Waals surface area contributed by atoms with Crippen LogP contribution in [0.1, 0.15) is 6.92 Å². The summed E-state index contributed by atoms with van der Waals surface area (Å²) in [6.45, 7) is 7.13. The van der Waals surface area contributed by atoms with E-state index < -0.39 is 0 Å². The van der Waals surface area contributed by atoms with Crippen molar-refractivity contribution in [2.24, 2.45) is 0 Å². The number of hydrogen-bond donors (Lipinski definition) is 0. The summed E-state index contributed by atoms with van der Waals surface area (Å²) in [6.07, 6.45) is 0. The number of rotatable bonds is 6. The number of methoxy groups -OCH3 is 2. The second-order valence-corrected chi connectivity index (χ2v) is 9.70. The highest BCUT2D eigenvalue weighted by molar-refractivity contribution is 7.73. The SMILES string of the molecule is CCN1CCN(c2nc(-c3ccc(OC)c(OC)c3)nc3c2sc(=S)n3-c2ccccc2)CC1. The molecule has 0 atom stereocenters. The number of hydrogen-bond acceptors (Lipinski definition) is 8. The second kappa shape index (κ2) is 9.69. The van der Waals surface area contributed by atoms with Crippen LogP contribution < -0.4 is 14.4 Å². The maximum atomic E-state index is 5.82. The summed E-state index contributed by atoms with van der Waals surface area (Å²) in [4.78, 5) is 14.9. The molecule has 34 heavy (non-hydrogen) atoms. The van der Waals surface area contributed by atoms with Gasteiger partial charge < -0.3 is 19.3 Å². The summed E-state index contributed by atoms with van der Waals surface area (Å²) in [5.41, 5.74) is 2.69. The Bertz CT molecular complexity index is 1360. The van der Waals surface area contributed by atoms with E-state index in [1.807, 2.05) is 41.0 Å². The average Bonchev–Trinajstić information content (AvgIpc) is 3.23. The van der Waals surface area contributed by atoms with Gasteiger partial charge in [0.2, 0.25) is 0 Å². The number of aromatic nitrogens is 3. The van der Waals surface area contributed by atoms with E-state index >= 15 is 0 Å². The molecular weight excluding hydrogens is 466 g/mol. The number of piperazine rings is 1. The number of ether oxygens (including phenoxy) is 2. The Morgan fingerprint density at radius 3 is 2.35 bits per heavy atom. The standard InChI is InChI=1S/C25H27N5O2S2/c1-4-28-12-14-29(15-13-28)23-21-24(30(25(33)34-21)18-8-6-5-7-9-18)27-22(26-23)17-10-11-19(31-2)20(16-17)32-3/h5-11,16H,4,12-15H2,1-3H3. The van der Waals surface area contributed by atoms with Crippen molar-refractivity contribution in [2.45, 2.75) is 6.92 Å². The van der Waals surface area contributed by atoms with Gasteiger partial charge in [-0.15, -0.1) is 0 Å². The lowest BCUT2D eigenvalue weighted by Crippen LogP contribution is -2.46. The van der Waals surface area contributed by atoms with Crippen molar-refractivity contribution in [3.63, 3.8) is 0 Å². The molecule has 1 fully saturated rings. The van der Waals surface area contributed by atoms with Gasteiger partial charge in [0.25, 0.3) is 0 Å². The average molecular weight is 494 g/mol. The molecule has 0 radical (unpaired) electrons. The molecule has 3 heterocycles. The maximum Gasteiger partial charge on any atom is 0.168 e. The first-order valence-electron chi connectivity index (χ1n) is 11.3. The Kier molecular flexibility index (Phi) is 6.49. The fourth-order valence-electron chi connectivity index (χ4n) is 4.29. The van der Waals surface area contributed by atoms with E-state index in [9.17, 15) is 0 Å². The van der Waals surface area contributed by atoms with Crippen molar-refractivity contribution in [2.75, 3.05) is 51.8 Å². The number of anilines is 1. The van der Waals surface area contributed by atoms with Crippen LogP contribution in [0.5, 0.6) is 11.5 Å². The van der Waals surface area contributed by atoms with Crippen LogP contribution in [0.2, 0.25) is 0 Å². The first-order valence-corrected chi connectivity index (χ1v) is 12.5. The third-order valence-corrected chi connectivity index (χ3v) is 7.55. The minimum absolute atomic E-state index is 0.638. The molecule has 1 aliphatic rings. The van der Waals surface area contributed by atoms with Crippen molar-refractivity contribution >= 4 is 39.7 Å².